The third kappa shape index (κ3) is 5.74. The Morgan fingerprint density at radius 1 is 0.848 bits per heavy atom. The number of unbranched alkanes of at least 4 members (excludes halogenated alkanes) is 4. The Balaban J connectivity index is 1.89. The molecule has 0 spiro atoms. The van der Waals surface area contributed by atoms with Gasteiger partial charge in [-0.3, -0.25) is 0 Å². The van der Waals surface area contributed by atoms with Crippen molar-refractivity contribution in [2.75, 3.05) is 0 Å². The van der Waals surface area contributed by atoms with E-state index in [9.17, 15) is 27.5 Å². The summed E-state index contributed by atoms with van der Waals surface area (Å²) in [5.74, 6) is -9.00. The van der Waals surface area contributed by atoms with Crippen LogP contribution in [0.3, 0.4) is 0 Å². The van der Waals surface area contributed by atoms with E-state index in [0.29, 0.717) is 30.9 Å². The average molecular weight is 469 g/mol. The molecule has 0 amide bonds. The van der Waals surface area contributed by atoms with E-state index in [1.807, 2.05) is 0 Å². The van der Waals surface area contributed by atoms with Crippen LogP contribution in [0.2, 0.25) is 0 Å². The van der Waals surface area contributed by atoms with Gasteiger partial charge in [0.1, 0.15) is 17.2 Å². The molecule has 1 N–H and O–H groups in total. The maximum atomic E-state index is 15.2. The number of hydrogen-bond donors (Lipinski definition) is 1. The van der Waals surface area contributed by atoms with Crippen LogP contribution in [0.4, 0.5) is 22.0 Å². The highest BCUT2D eigenvalue weighted by atomic mass is 19.2. The van der Waals surface area contributed by atoms with Crippen molar-refractivity contribution >= 4 is 5.97 Å². The fourth-order valence-electron chi connectivity index (χ4n) is 4.95. The summed E-state index contributed by atoms with van der Waals surface area (Å²) in [5, 5.41) is 9.26. The summed E-state index contributed by atoms with van der Waals surface area (Å²) in [6, 6.07) is 2.19. The third-order valence-electron chi connectivity index (χ3n) is 6.74. The van der Waals surface area contributed by atoms with E-state index in [2.05, 4.69) is 6.92 Å². The lowest BCUT2D eigenvalue weighted by molar-refractivity contribution is 0.0686. The van der Waals surface area contributed by atoms with Gasteiger partial charge in [0.15, 0.2) is 17.5 Å². The minimum atomic E-state index is -1.83. The molecule has 0 radical (unpaired) electrons. The molecule has 1 saturated carbocycles. The van der Waals surface area contributed by atoms with Gasteiger partial charge in [-0.05, 0) is 66.8 Å². The fraction of sp³-hybridized carbons (Fsp3) is 0.500. The van der Waals surface area contributed by atoms with Crippen LogP contribution < -0.4 is 0 Å². The molecule has 0 heterocycles. The fourth-order valence-corrected chi connectivity index (χ4v) is 4.95. The Kier molecular flexibility index (Phi) is 8.49. The standard InChI is InChI=1S/C26H29F5O2/c1-2-3-4-5-6-7-15-8-10-16(11-9-15)18-14-19(27)23(26(32)33)25(31)22(18)17-12-20(28)24(30)21(29)13-17/h12-16H,2-11H2,1H3,(H,32,33)/t15-,16-. The van der Waals surface area contributed by atoms with Crippen molar-refractivity contribution in [1.82, 2.24) is 0 Å². The molecule has 2 aromatic carbocycles. The van der Waals surface area contributed by atoms with E-state index >= 15 is 4.39 Å². The van der Waals surface area contributed by atoms with Crippen LogP contribution in [-0.2, 0) is 0 Å². The quantitative estimate of drug-likeness (QED) is 0.228. The zero-order chi connectivity index (χ0) is 24.1. The number of rotatable bonds is 9. The Morgan fingerprint density at radius 2 is 1.45 bits per heavy atom. The maximum Gasteiger partial charge on any atom is 0.341 e. The first-order chi connectivity index (χ1) is 15.7. The van der Waals surface area contributed by atoms with Crippen molar-refractivity contribution in [2.24, 2.45) is 5.92 Å². The second-order valence-corrected chi connectivity index (χ2v) is 8.99. The zero-order valence-electron chi connectivity index (χ0n) is 18.7. The van der Waals surface area contributed by atoms with E-state index < -0.39 is 40.6 Å². The van der Waals surface area contributed by atoms with E-state index in [4.69, 9.17) is 0 Å². The molecule has 0 unspecified atom stereocenters. The van der Waals surface area contributed by atoms with Gasteiger partial charge in [0.25, 0.3) is 0 Å². The molecule has 0 aromatic heterocycles. The number of hydrogen-bond acceptors (Lipinski definition) is 1. The Bertz CT molecular complexity index is 974. The van der Waals surface area contributed by atoms with Crippen LogP contribution in [0, 0.1) is 35.0 Å². The smallest absolute Gasteiger partial charge is 0.341 e. The molecule has 33 heavy (non-hydrogen) atoms. The van der Waals surface area contributed by atoms with Gasteiger partial charge in [-0.15, -0.1) is 0 Å². The summed E-state index contributed by atoms with van der Waals surface area (Å²) in [5.41, 5.74) is -1.75. The topological polar surface area (TPSA) is 37.3 Å². The summed E-state index contributed by atoms with van der Waals surface area (Å²) in [4.78, 5) is 11.4. The van der Waals surface area contributed by atoms with Crippen LogP contribution in [0.5, 0.6) is 0 Å². The predicted octanol–water partition coefficient (Wildman–Crippen LogP) is 8.38. The van der Waals surface area contributed by atoms with Gasteiger partial charge in [-0.2, -0.15) is 0 Å². The van der Waals surface area contributed by atoms with Crippen molar-refractivity contribution in [3.8, 4) is 11.1 Å². The van der Waals surface area contributed by atoms with Crippen LogP contribution >= 0.6 is 0 Å². The second-order valence-electron chi connectivity index (χ2n) is 8.99. The summed E-state index contributed by atoms with van der Waals surface area (Å²) in [7, 11) is 0. The van der Waals surface area contributed by atoms with Crippen LogP contribution in [0.15, 0.2) is 18.2 Å². The monoisotopic (exact) mass is 468 g/mol. The maximum absolute atomic E-state index is 15.2. The molecule has 1 aliphatic rings. The molecule has 1 fully saturated rings. The molecule has 2 aromatic rings. The summed E-state index contributed by atoms with van der Waals surface area (Å²) in [6.45, 7) is 2.17. The summed E-state index contributed by atoms with van der Waals surface area (Å²) >= 11 is 0. The number of aromatic carboxylic acids is 1. The number of carboxylic acid groups (broad SMARTS) is 1. The van der Waals surface area contributed by atoms with Crippen molar-refractivity contribution in [2.45, 2.75) is 77.0 Å². The van der Waals surface area contributed by atoms with Gasteiger partial charge in [0.2, 0.25) is 0 Å². The lowest BCUT2D eigenvalue weighted by Gasteiger charge is -2.30. The number of benzene rings is 2. The average Bonchev–Trinajstić information content (AvgIpc) is 2.77. The third-order valence-corrected chi connectivity index (χ3v) is 6.74. The Hall–Kier alpha value is -2.44. The molecule has 1 aliphatic carbocycles. The Morgan fingerprint density at radius 3 is 2.03 bits per heavy atom. The molecule has 0 aliphatic heterocycles. The molecular weight excluding hydrogens is 439 g/mol. The largest absolute Gasteiger partial charge is 0.477 e. The van der Waals surface area contributed by atoms with Crippen molar-refractivity contribution in [3.63, 3.8) is 0 Å². The molecule has 0 bridgehead atoms. The van der Waals surface area contributed by atoms with Gasteiger partial charge in [0.05, 0.1) is 0 Å². The number of halogens is 5. The minimum Gasteiger partial charge on any atom is -0.477 e. The molecule has 2 nitrogen and oxygen atoms in total. The lowest BCUT2D eigenvalue weighted by Crippen LogP contribution is -2.16. The van der Waals surface area contributed by atoms with Crippen LogP contribution in [0.25, 0.3) is 11.1 Å². The highest BCUT2D eigenvalue weighted by molar-refractivity contribution is 5.91. The predicted molar refractivity (Wildman–Crippen MR) is 117 cm³/mol. The molecule has 7 heteroatoms. The summed E-state index contributed by atoms with van der Waals surface area (Å²) in [6.07, 6.45) is 10.0. The van der Waals surface area contributed by atoms with Gasteiger partial charge < -0.3 is 5.11 Å². The van der Waals surface area contributed by atoms with Gasteiger partial charge in [-0.1, -0.05) is 45.4 Å². The number of carbonyl (C=O) groups is 1. The zero-order valence-corrected chi connectivity index (χ0v) is 18.7. The first-order valence-electron chi connectivity index (χ1n) is 11.6. The normalized spacial score (nSPS) is 18.5. The van der Waals surface area contributed by atoms with Crippen LogP contribution in [0.1, 0.15) is 93.0 Å². The first kappa shape index (κ1) is 25.2. The molecule has 0 saturated heterocycles. The second kappa shape index (κ2) is 11.1. The van der Waals surface area contributed by atoms with Gasteiger partial charge >= 0.3 is 5.97 Å². The van der Waals surface area contributed by atoms with Crippen LogP contribution in [-0.4, -0.2) is 11.1 Å². The first-order valence-corrected chi connectivity index (χ1v) is 11.6. The highest BCUT2D eigenvalue weighted by Crippen LogP contribution is 2.43. The van der Waals surface area contributed by atoms with E-state index in [1.165, 1.54) is 25.7 Å². The van der Waals surface area contributed by atoms with Crippen molar-refractivity contribution < 1.29 is 31.9 Å². The van der Waals surface area contributed by atoms with Crippen molar-refractivity contribution in [3.05, 3.63) is 58.4 Å². The molecule has 3 rings (SSSR count). The van der Waals surface area contributed by atoms with Crippen molar-refractivity contribution in [1.29, 1.82) is 0 Å². The highest BCUT2D eigenvalue weighted by Gasteiger charge is 2.31. The minimum absolute atomic E-state index is 0.168. The van der Waals surface area contributed by atoms with Gasteiger partial charge in [0, 0.05) is 5.56 Å². The molecule has 0 atom stereocenters. The van der Waals surface area contributed by atoms with E-state index in [1.54, 1.807) is 0 Å². The SMILES string of the molecule is CCCCCCC[C@H]1CC[C@H](c2cc(F)c(C(=O)O)c(F)c2-c2cc(F)c(F)c(F)c2)CC1. The van der Waals surface area contributed by atoms with E-state index in [-0.39, 0.29) is 22.6 Å². The van der Waals surface area contributed by atoms with Gasteiger partial charge in [-0.25, -0.2) is 26.7 Å². The number of carboxylic acids is 1. The van der Waals surface area contributed by atoms with E-state index in [0.717, 1.165) is 31.7 Å². The summed E-state index contributed by atoms with van der Waals surface area (Å²) < 4.78 is 71.0. The molecular formula is C26H29F5O2. The Labute approximate surface area is 190 Å². The molecule has 180 valence electrons. The lowest BCUT2D eigenvalue weighted by atomic mass is 9.75.